The lowest BCUT2D eigenvalue weighted by atomic mass is 9.86. The van der Waals surface area contributed by atoms with Crippen molar-refractivity contribution in [1.82, 2.24) is 5.32 Å². The molecule has 1 aromatic carbocycles. The predicted octanol–water partition coefficient (Wildman–Crippen LogP) is 2.42. The number of carbonyl (C=O) groups is 1. The summed E-state index contributed by atoms with van der Waals surface area (Å²) in [7, 11) is 0. The Hall–Kier alpha value is -1.06. The molecule has 94 valence electrons. The van der Waals surface area contributed by atoms with E-state index in [9.17, 15) is 9.90 Å². The highest BCUT2D eigenvalue weighted by Gasteiger charge is 2.30. The lowest BCUT2D eigenvalue weighted by Crippen LogP contribution is -2.41. The second-order valence-electron chi connectivity index (χ2n) is 4.28. The van der Waals surface area contributed by atoms with E-state index in [1.54, 1.807) is 0 Å². The zero-order valence-corrected chi connectivity index (χ0v) is 10.5. The van der Waals surface area contributed by atoms with Gasteiger partial charge in [0.25, 0.3) is 0 Å². The summed E-state index contributed by atoms with van der Waals surface area (Å²) in [6.45, 7) is 0.932. The summed E-state index contributed by atoms with van der Waals surface area (Å²) in [5.74, 6) is -1.15. The molecule has 0 aliphatic carbocycles. The Balaban J connectivity index is 0.00000144. The molecule has 2 rings (SSSR count). The molecule has 4 heteroatoms. The maximum atomic E-state index is 11.4. The number of carboxylic acids is 1. The van der Waals surface area contributed by atoms with Crippen molar-refractivity contribution in [3.63, 3.8) is 0 Å². The molecule has 1 heterocycles. The maximum absolute atomic E-state index is 11.4. The highest BCUT2D eigenvalue weighted by Crippen LogP contribution is 2.25. The van der Waals surface area contributed by atoms with Crippen molar-refractivity contribution < 1.29 is 9.90 Å². The van der Waals surface area contributed by atoms with Crippen LogP contribution in [0.3, 0.4) is 0 Å². The first-order valence-electron chi connectivity index (χ1n) is 5.80. The zero-order chi connectivity index (χ0) is 11.4. The van der Waals surface area contributed by atoms with E-state index in [1.807, 2.05) is 30.3 Å². The molecule has 2 unspecified atom stereocenters. The van der Waals surface area contributed by atoms with Gasteiger partial charge in [-0.3, -0.25) is 4.79 Å². The third-order valence-corrected chi connectivity index (χ3v) is 3.18. The van der Waals surface area contributed by atoms with Crippen molar-refractivity contribution >= 4 is 18.4 Å². The topological polar surface area (TPSA) is 49.3 Å². The van der Waals surface area contributed by atoms with Crippen LogP contribution in [0.5, 0.6) is 0 Å². The van der Waals surface area contributed by atoms with Crippen LogP contribution in [0.1, 0.15) is 30.7 Å². The third-order valence-electron chi connectivity index (χ3n) is 3.18. The molecule has 2 atom stereocenters. The number of nitrogens with one attached hydrogen (secondary N) is 1. The van der Waals surface area contributed by atoms with Crippen LogP contribution in [0.4, 0.5) is 0 Å². The Morgan fingerprint density at radius 1 is 1.29 bits per heavy atom. The van der Waals surface area contributed by atoms with Crippen LogP contribution < -0.4 is 5.32 Å². The first-order chi connectivity index (χ1) is 7.79. The molecule has 1 aromatic rings. The number of hydrogen-bond acceptors (Lipinski definition) is 2. The standard InChI is InChI=1S/C13H17NO2.ClH/c15-13(16)12(10-6-2-1-3-7-10)11-8-4-5-9-14-11;/h1-3,6-7,11-12,14H,4-5,8-9H2,(H,15,16);1H. The van der Waals surface area contributed by atoms with Crippen LogP contribution in [0.25, 0.3) is 0 Å². The van der Waals surface area contributed by atoms with Crippen molar-refractivity contribution in [3.05, 3.63) is 35.9 Å². The zero-order valence-electron chi connectivity index (χ0n) is 9.63. The van der Waals surface area contributed by atoms with Gasteiger partial charge in [0, 0.05) is 6.04 Å². The van der Waals surface area contributed by atoms with Crippen LogP contribution in [0.15, 0.2) is 30.3 Å². The van der Waals surface area contributed by atoms with E-state index in [0.29, 0.717) is 0 Å². The molecule has 0 radical (unpaired) electrons. The van der Waals surface area contributed by atoms with Crippen LogP contribution in [-0.4, -0.2) is 23.7 Å². The van der Waals surface area contributed by atoms with Crippen molar-refractivity contribution in [2.24, 2.45) is 0 Å². The number of carboxylic acid groups (broad SMARTS) is 1. The third kappa shape index (κ3) is 3.45. The first-order valence-corrected chi connectivity index (χ1v) is 5.80. The highest BCUT2D eigenvalue weighted by molar-refractivity contribution is 5.85. The van der Waals surface area contributed by atoms with Crippen LogP contribution in [0, 0.1) is 0 Å². The molecule has 3 nitrogen and oxygen atoms in total. The largest absolute Gasteiger partial charge is 0.481 e. The molecular weight excluding hydrogens is 238 g/mol. The SMILES string of the molecule is Cl.O=C(O)C(c1ccccc1)C1CCCCN1. The molecular formula is C13H18ClNO2. The van der Waals surface area contributed by atoms with Gasteiger partial charge in [0.15, 0.2) is 0 Å². The Kier molecular flexibility index (Phi) is 5.45. The average molecular weight is 256 g/mol. The van der Waals surface area contributed by atoms with Crippen LogP contribution >= 0.6 is 12.4 Å². The van der Waals surface area contributed by atoms with E-state index < -0.39 is 11.9 Å². The maximum Gasteiger partial charge on any atom is 0.312 e. The smallest absolute Gasteiger partial charge is 0.312 e. The van der Waals surface area contributed by atoms with E-state index in [-0.39, 0.29) is 18.4 Å². The summed E-state index contributed by atoms with van der Waals surface area (Å²) in [6, 6.07) is 9.58. The Labute approximate surface area is 108 Å². The van der Waals surface area contributed by atoms with Gasteiger partial charge >= 0.3 is 5.97 Å². The highest BCUT2D eigenvalue weighted by atomic mass is 35.5. The number of benzene rings is 1. The molecule has 2 N–H and O–H groups in total. The lowest BCUT2D eigenvalue weighted by molar-refractivity contribution is -0.139. The van der Waals surface area contributed by atoms with Crippen molar-refractivity contribution in [1.29, 1.82) is 0 Å². The molecule has 0 amide bonds. The second kappa shape index (κ2) is 6.62. The molecule has 17 heavy (non-hydrogen) atoms. The summed E-state index contributed by atoms with van der Waals surface area (Å²) >= 11 is 0. The molecule has 1 aliphatic heterocycles. The van der Waals surface area contributed by atoms with Gasteiger partial charge in [0.1, 0.15) is 0 Å². The van der Waals surface area contributed by atoms with Crippen molar-refractivity contribution in [2.75, 3.05) is 6.54 Å². The number of rotatable bonds is 3. The van der Waals surface area contributed by atoms with E-state index in [1.165, 1.54) is 0 Å². The summed E-state index contributed by atoms with van der Waals surface area (Å²) < 4.78 is 0. The van der Waals surface area contributed by atoms with Gasteiger partial charge in [-0.15, -0.1) is 12.4 Å². The van der Waals surface area contributed by atoms with Crippen LogP contribution in [-0.2, 0) is 4.79 Å². The minimum atomic E-state index is -0.731. The Bertz CT molecular complexity index is 350. The lowest BCUT2D eigenvalue weighted by Gasteiger charge is -2.29. The number of hydrogen-bond donors (Lipinski definition) is 2. The number of aliphatic carboxylic acids is 1. The second-order valence-corrected chi connectivity index (χ2v) is 4.28. The van der Waals surface area contributed by atoms with Gasteiger partial charge < -0.3 is 10.4 Å². The molecule has 0 spiro atoms. The Morgan fingerprint density at radius 3 is 2.53 bits per heavy atom. The van der Waals surface area contributed by atoms with Gasteiger partial charge in [-0.2, -0.15) is 0 Å². The first kappa shape index (κ1) is 14.0. The van der Waals surface area contributed by atoms with Crippen molar-refractivity contribution in [2.45, 2.75) is 31.2 Å². The van der Waals surface area contributed by atoms with E-state index in [2.05, 4.69) is 5.32 Å². The Morgan fingerprint density at radius 2 is 2.00 bits per heavy atom. The predicted molar refractivity (Wildman–Crippen MR) is 69.7 cm³/mol. The fourth-order valence-corrected chi connectivity index (χ4v) is 2.37. The minimum Gasteiger partial charge on any atom is -0.481 e. The summed E-state index contributed by atoms with van der Waals surface area (Å²) in [4.78, 5) is 11.4. The van der Waals surface area contributed by atoms with E-state index >= 15 is 0 Å². The van der Waals surface area contributed by atoms with Gasteiger partial charge in [-0.25, -0.2) is 0 Å². The molecule has 1 aliphatic rings. The van der Waals surface area contributed by atoms with Gasteiger partial charge in [-0.05, 0) is 24.9 Å². The monoisotopic (exact) mass is 255 g/mol. The molecule has 1 saturated heterocycles. The molecule has 0 bridgehead atoms. The molecule has 0 aromatic heterocycles. The fraction of sp³-hybridized carbons (Fsp3) is 0.462. The van der Waals surface area contributed by atoms with Crippen molar-refractivity contribution in [3.8, 4) is 0 Å². The molecule has 0 saturated carbocycles. The van der Waals surface area contributed by atoms with E-state index in [4.69, 9.17) is 0 Å². The van der Waals surface area contributed by atoms with E-state index in [0.717, 1.165) is 31.4 Å². The van der Waals surface area contributed by atoms with Gasteiger partial charge in [-0.1, -0.05) is 36.8 Å². The van der Waals surface area contributed by atoms with Gasteiger partial charge in [0.05, 0.1) is 5.92 Å². The minimum absolute atomic E-state index is 0. The average Bonchev–Trinajstić information content (AvgIpc) is 2.31. The normalized spacial score (nSPS) is 21.3. The fourth-order valence-electron chi connectivity index (χ4n) is 2.37. The van der Waals surface area contributed by atoms with Gasteiger partial charge in [0.2, 0.25) is 0 Å². The molecule has 1 fully saturated rings. The van der Waals surface area contributed by atoms with Crippen LogP contribution in [0.2, 0.25) is 0 Å². The number of halogens is 1. The quantitative estimate of drug-likeness (QED) is 0.872. The summed E-state index contributed by atoms with van der Waals surface area (Å²) in [5, 5.41) is 12.7. The summed E-state index contributed by atoms with van der Waals surface area (Å²) in [6.07, 6.45) is 3.22. The summed E-state index contributed by atoms with van der Waals surface area (Å²) in [5.41, 5.74) is 0.898. The number of piperidine rings is 1.